The number of cyclic esters (lactones) is 2. The van der Waals surface area contributed by atoms with E-state index < -0.39 is 23.1 Å². The van der Waals surface area contributed by atoms with E-state index in [4.69, 9.17) is 9.47 Å². The number of ether oxygens (including phenoxy) is 2. The molecule has 2 fully saturated rings. The number of fused-ring (bicyclic) bond motifs is 4. The van der Waals surface area contributed by atoms with Crippen molar-refractivity contribution in [3.8, 4) is 0 Å². The van der Waals surface area contributed by atoms with Gasteiger partial charge in [-0.1, -0.05) is 22.0 Å². The van der Waals surface area contributed by atoms with Gasteiger partial charge in [0.25, 0.3) is 5.79 Å². The van der Waals surface area contributed by atoms with Gasteiger partial charge in [-0.15, -0.1) is 0 Å². The number of carbonyl (C=O) groups excluding carboxylic acids is 2. The first-order valence-corrected chi connectivity index (χ1v) is 9.15. The van der Waals surface area contributed by atoms with Crippen LogP contribution in [-0.2, 0) is 25.5 Å². The minimum Gasteiger partial charge on any atom is -0.422 e. The molecule has 0 saturated carbocycles. The van der Waals surface area contributed by atoms with Crippen molar-refractivity contribution >= 4 is 33.6 Å². The Morgan fingerprint density at radius 2 is 1.88 bits per heavy atom. The van der Waals surface area contributed by atoms with Gasteiger partial charge in [0.05, 0.1) is 6.04 Å². The molecular formula is C18H20BrNO4. The van der Waals surface area contributed by atoms with E-state index in [0.717, 1.165) is 41.5 Å². The molecule has 0 aromatic heterocycles. The molecule has 1 spiro atoms. The Morgan fingerprint density at radius 1 is 1.17 bits per heavy atom. The van der Waals surface area contributed by atoms with Crippen molar-refractivity contribution in [2.75, 3.05) is 11.4 Å². The lowest BCUT2D eigenvalue weighted by Crippen LogP contribution is -2.66. The van der Waals surface area contributed by atoms with Crippen LogP contribution >= 0.6 is 15.9 Å². The zero-order chi connectivity index (χ0) is 17.1. The van der Waals surface area contributed by atoms with Crippen molar-refractivity contribution in [3.05, 3.63) is 28.2 Å². The quantitative estimate of drug-likeness (QED) is 0.500. The van der Waals surface area contributed by atoms with Crippen molar-refractivity contribution in [2.45, 2.75) is 51.4 Å². The van der Waals surface area contributed by atoms with E-state index in [1.807, 2.05) is 12.1 Å². The first-order chi connectivity index (χ1) is 11.3. The third kappa shape index (κ3) is 2.19. The summed E-state index contributed by atoms with van der Waals surface area (Å²) in [5.74, 6) is -2.10. The average Bonchev–Trinajstić information content (AvgIpc) is 2.52. The van der Waals surface area contributed by atoms with Crippen LogP contribution in [0, 0.1) is 5.41 Å². The molecule has 6 heteroatoms. The van der Waals surface area contributed by atoms with E-state index in [1.54, 1.807) is 13.8 Å². The third-order valence-electron chi connectivity index (χ3n) is 5.30. The predicted octanol–water partition coefficient (Wildman–Crippen LogP) is 3.19. The fourth-order valence-electron chi connectivity index (χ4n) is 4.25. The van der Waals surface area contributed by atoms with Gasteiger partial charge in [-0.05, 0) is 37.0 Å². The maximum atomic E-state index is 13.0. The summed E-state index contributed by atoms with van der Waals surface area (Å²) >= 11 is 3.52. The van der Waals surface area contributed by atoms with Crippen molar-refractivity contribution in [1.82, 2.24) is 0 Å². The molecule has 0 unspecified atom stereocenters. The summed E-state index contributed by atoms with van der Waals surface area (Å²) in [5, 5.41) is 0. The molecule has 128 valence electrons. The highest BCUT2D eigenvalue weighted by atomic mass is 79.9. The zero-order valence-electron chi connectivity index (χ0n) is 13.8. The van der Waals surface area contributed by atoms with Crippen LogP contribution in [0.15, 0.2) is 22.7 Å². The zero-order valence-corrected chi connectivity index (χ0v) is 15.4. The molecule has 2 saturated heterocycles. The van der Waals surface area contributed by atoms with Gasteiger partial charge in [-0.25, -0.2) is 0 Å². The molecule has 1 aromatic carbocycles. The van der Waals surface area contributed by atoms with Crippen LogP contribution in [-0.4, -0.2) is 30.3 Å². The largest absolute Gasteiger partial charge is 0.422 e. The Morgan fingerprint density at radius 3 is 2.58 bits per heavy atom. The number of piperidine rings is 1. The molecule has 3 aliphatic rings. The van der Waals surface area contributed by atoms with Gasteiger partial charge in [0.15, 0.2) is 5.41 Å². The second-order valence-electron chi connectivity index (χ2n) is 7.31. The Balaban J connectivity index is 1.86. The molecule has 4 rings (SSSR count). The van der Waals surface area contributed by atoms with Crippen molar-refractivity contribution < 1.29 is 19.1 Å². The van der Waals surface area contributed by atoms with Gasteiger partial charge < -0.3 is 14.4 Å². The fraction of sp³-hybridized carbons (Fsp3) is 0.556. The number of benzene rings is 1. The van der Waals surface area contributed by atoms with Crippen LogP contribution in [0.2, 0.25) is 0 Å². The number of carbonyl (C=O) groups is 2. The van der Waals surface area contributed by atoms with Gasteiger partial charge >= 0.3 is 11.9 Å². The third-order valence-corrected chi connectivity index (χ3v) is 5.80. The van der Waals surface area contributed by atoms with E-state index in [0.29, 0.717) is 6.42 Å². The molecule has 0 aliphatic carbocycles. The van der Waals surface area contributed by atoms with Crippen LogP contribution in [0.5, 0.6) is 0 Å². The SMILES string of the molecule is CC1(C)OC(=O)C2(Cc3ccc(Br)cc3N3CCCC[C@@H]32)C(=O)O1. The standard InChI is InChI=1S/C18H20BrNO4/c1-17(2)23-15(21)18(16(22)24-17)10-11-6-7-12(19)9-13(11)20-8-4-3-5-14(18)20/h6-7,9,14H,3-5,8,10H2,1-2H3/t14-/m1/s1. The lowest BCUT2D eigenvalue weighted by molar-refractivity contribution is -0.253. The maximum Gasteiger partial charge on any atom is 0.329 e. The topological polar surface area (TPSA) is 55.8 Å². The highest BCUT2D eigenvalue weighted by Gasteiger charge is 2.64. The molecule has 3 heterocycles. The van der Waals surface area contributed by atoms with Crippen molar-refractivity contribution in [1.29, 1.82) is 0 Å². The number of esters is 2. The predicted molar refractivity (Wildman–Crippen MR) is 91.5 cm³/mol. The number of rotatable bonds is 0. The monoisotopic (exact) mass is 393 g/mol. The molecule has 0 N–H and O–H groups in total. The Hall–Kier alpha value is -1.56. The summed E-state index contributed by atoms with van der Waals surface area (Å²) in [5.41, 5.74) is 0.839. The normalized spacial score (nSPS) is 27.1. The van der Waals surface area contributed by atoms with Crippen LogP contribution in [0.3, 0.4) is 0 Å². The second kappa shape index (κ2) is 5.22. The number of anilines is 1. The lowest BCUT2D eigenvalue weighted by atomic mass is 9.68. The van der Waals surface area contributed by atoms with Crippen LogP contribution in [0.4, 0.5) is 5.69 Å². The van der Waals surface area contributed by atoms with Crippen molar-refractivity contribution in [2.24, 2.45) is 5.41 Å². The number of nitrogens with zero attached hydrogens (tertiary/aromatic N) is 1. The van der Waals surface area contributed by atoms with Crippen LogP contribution in [0.25, 0.3) is 0 Å². The van der Waals surface area contributed by atoms with Crippen LogP contribution in [0.1, 0.15) is 38.7 Å². The molecule has 0 amide bonds. The van der Waals surface area contributed by atoms with E-state index in [2.05, 4.69) is 26.9 Å². The Kier molecular flexibility index (Phi) is 3.46. The summed E-state index contributed by atoms with van der Waals surface area (Å²) in [6.07, 6.45) is 3.17. The summed E-state index contributed by atoms with van der Waals surface area (Å²) in [4.78, 5) is 28.1. The Labute approximate surface area is 149 Å². The lowest BCUT2D eigenvalue weighted by Gasteiger charge is -2.53. The molecule has 0 bridgehead atoms. The first kappa shape index (κ1) is 15.9. The maximum absolute atomic E-state index is 13.0. The molecule has 5 nitrogen and oxygen atoms in total. The van der Waals surface area contributed by atoms with Crippen LogP contribution < -0.4 is 4.90 Å². The number of hydrogen-bond acceptors (Lipinski definition) is 5. The minimum atomic E-state index is -1.25. The van der Waals surface area contributed by atoms with Crippen molar-refractivity contribution in [3.63, 3.8) is 0 Å². The average molecular weight is 394 g/mol. The van der Waals surface area contributed by atoms with Gasteiger partial charge in [-0.3, -0.25) is 9.59 Å². The Bertz CT molecular complexity index is 710. The highest BCUT2D eigenvalue weighted by molar-refractivity contribution is 9.10. The first-order valence-electron chi connectivity index (χ1n) is 8.35. The minimum absolute atomic E-state index is 0.204. The number of hydrogen-bond donors (Lipinski definition) is 0. The van der Waals surface area contributed by atoms with Gasteiger partial charge in [0.2, 0.25) is 0 Å². The van der Waals surface area contributed by atoms with E-state index in [1.165, 1.54) is 0 Å². The van der Waals surface area contributed by atoms with Gasteiger partial charge in [0.1, 0.15) is 0 Å². The van der Waals surface area contributed by atoms with E-state index >= 15 is 0 Å². The molecular weight excluding hydrogens is 374 g/mol. The highest BCUT2D eigenvalue weighted by Crippen LogP contribution is 2.49. The summed E-state index contributed by atoms with van der Waals surface area (Å²) < 4.78 is 12.0. The van der Waals surface area contributed by atoms with E-state index in [-0.39, 0.29) is 6.04 Å². The molecule has 3 aliphatic heterocycles. The molecule has 24 heavy (non-hydrogen) atoms. The second-order valence-corrected chi connectivity index (χ2v) is 8.22. The smallest absolute Gasteiger partial charge is 0.329 e. The summed E-state index contributed by atoms with van der Waals surface area (Å²) in [7, 11) is 0. The summed E-state index contributed by atoms with van der Waals surface area (Å²) in [6.45, 7) is 4.03. The number of halogens is 1. The van der Waals surface area contributed by atoms with Gasteiger partial charge in [0, 0.05) is 37.0 Å². The van der Waals surface area contributed by atoms with Gasteiger partial charge in [-0.2, -0.15) is 0 Å². The van der Waals surface area contributed by atoms with E-state index in [9.17, 15) is 9.59 Å². The summed E-state index contributed by atoms with van der Waals surface area (Å²) in [6, 6.07) is 5.79. The fourth-order valence-corrected chi connectivity index (χ4v) is 4.60. The molecule has 1 atom stereocenters. The molecule has 0 radical (unpaired) electrons. The molecule has 1 aromatic rings.